The molecule has 0 fully saturated rings. The minimum atomic E-state index is -0.648. The van der Waals surface area contributed by atoms with Gasteiger partial charge in [-0.25, -0.2) is 4.39 Å². The Morgan fingerprint density at radius 3 is 2.64 bits per heavy atom. The van der Waals surface area contributed by atoms with Crippen LogP contribution in [0.25, 0.3) is 0 Å². The summed E-state index contributed by atoms with van der Waals surface area (Å²) in [4.78, 5) is 0. The van der Waals surface area contributed by atoms with E-state index in [2.05, 4.69) is 0 Å². The monoisotopic (exact) mass is 220 g/mol. The van der Waals surface area contributed by atoms with E-state index in [0.29, 0.717) is 18.5 Å². The molecule has 1 atom stereocenters. The number of hydrogen-bond donors (Lipinski definition) is 3. The summed E-state index contributed by atoms with van der Waals surface area (Å²) in [6.07, 6.45) is 0.525. The molecule has 0 aliphatic carbocycles. The van der Waals surface area contributed by atoms with Gasteiger partial charge in [-0.05, 0) is 19.0 Å². The maximum Gasteiger partial charge on any atom is 0.165 e. The van der Waals surface area contributed by atoms with E-state index in [-0.39, 0.29) is 18.2 Å². The van der Waals surface area contributed by atoms with Crippen molar-refractivity contribution in [2.24, 2.45) is 11.5 Å². The number of aromatic hydroxyl groups is 1. The lowest BCUT2D eigenvalue weighted by Crippen LogP contribution is -2.15. The Morgan fingerprint density at radius 1 is 1.43 bits per heavy atom. The molecule has 0 saturated carbocycles. The summed E-state index contributed by atoms with van der Waals surface area (Å²) in [7, 11) is 0. The minimum absolute atomic E-state index is 0. The van der Waals surface area contributed by atoms with Crippen LogP contribution < -0.4 is 11.5 Å². The second-order valence-corrected chi connectivity index (χ2v) is 2.86. The topological polar surface area (TPSA) is 72.3 Å². The number of halogens is 2. The average Bonchev–Trinajstić information content (AvgIpc) is 2.10. The number of phenolic OH excluding ortho intramolecular Hbond substituents is 1. The van der Waals surface area contributed by atoms with Crippen molar-refractivity contribution < 1.29 is 9.50 Å². The molecule has 5 heteroatoms. The summed E-state index contributed by atoms with van der Waals surface area (Å²) in [5, 5.41) is 9.30. The maximum absolute atomic E-state index is 12.8. The number of nitrogens with two attached hydrogens (primary N) is 2. The molecule has 5 N–H and O–H groups in total. The molecular formula is C9H14ClFN2O. The van der Waals surface area contributed by atoms with E-state index in [4.69, 9.17) is 11.5 Å². The first-order chi connectivity index (χ1) is 6.16. The van der Waals surface area contributed by atoms with Gasteiger partial charge in [0.25, 0.3) is 0 Å². The Bertz CT molecular complexity index is 296. The predicted octanol–water partition coefficient (Wildman–Crippen LogP) is 1.30. The van der Waals surface area contributed by atoms with Crippen molar-refractivity contribution >= 4 is 12.4 Å². The zero-order chi connectivity index (χ0) is 9.84. The summed E-state index contributed by atoms with van der Waals surface area (Å²) >= 11 is 0. The largest absolute Gasteiger partial charge is 0.505 e. The normalized spacial score (nSPS) is 11.9. The van der Waals surface area contributed by atoms with Crippen molar-refractivity contribution in [3.63, 3.8) is 0 Å². The lowest BCUT2D eigenvalue weighted by Gasteiger charge is -2.12. The SMILES string of the molecule is Cl.NCC[C@@H](N)c1cccc(F)c1O. The molecule has 1 aromatic rings. The fourth-order valence-electron chi connectivity index (χ4n) is 1.17. The highest BCUT2D eigenvalue weighted by molar-refractivity contribution is 5.85. The van der Waals surface area contributed by atoms with E-state index in [1.54, 1.807) is 6.07 Å². The lowest BCUT2D eigenvalue weighted by atomic mass is 10.0. The van der Waals surface area contributed by atoms with E-state index >= 15 is 0 Å². The van der Waals surface area contributed by atoms with Crippen LogP contribution in [0.4, 0.5) is 4.39 Å². The van der Waals surface area contributed by atoms with Gasteiger partial charge in [-0.2, -0.15) is 0 Å². The third-order valence-electron chi connectivity index (χ3n) is 1.90. The van der Waals surface area contributed by atoms with E-state index in [1.165, 1.54) is 12.1 Å². The summed E-state index contributed by atoms with van der Waals surface area (Å²) in [6, 6.07) is 3.90. The summed E-state index contributed by atoms with van der Waals surface area (Å²) < 4.78 is 12.8. The van der Waals surface area contributed by atoms with Crippen LogP contribution in [0.1, 0.15) is 18.0 Å². The second-order valence-electron chi connectivity index (χ2n) is 2.86. The van der Waals surface area contributed by atoms with Gasteiger partial charge < -0.3 is 16.6 Å². The molecule has 80 valence electrons. The fourth-order valence-corrected chi connectivity index (χ4v) is 1.17. The molecule has 0 bridgehead atoms. The number of hydrogen-bond acceptors (Lipinski definition) is 3. The standard InChI is InChI=1S/C9H13FN2O.ClH/c10-7-3-1-2-6(9(7)13)8(12)4-5-11;/h1-3,8,13H,4-5,11-12H2;1H/t8-;/m1./s1. The van der Waals surface area contributed by atoms with Crippen LogP contribution in [0.3, 0.4) is 0 Å². The van der Waals surface area contributed by atoms with Gasteiger partial charge in [0.05, 0.1) is 0 Å². The molecule has 1 aromatic carbocycles. The van der Waals surface area contributed by atoms with Crippen molar-refractivity contribution in [1.82, 2.24) is 0 Å². The van der Waals surface area contributed by atoms with Crippen molar-refractivity contribution in [2.45, 2.75) is 12.5 Å². The molecule has 0 aliphatic heterocycles. The molecule has 0 spiro atoms. The number of phenols is 1. The Hall–Kier alpha value is -0.840. The maximum atomic E-state index is 12.8. The van der Waals surface area contributed by atoms with Crippen LogP contribution in [-0.4, -0.2) is 11.7 Å². The molecule has 0 heterocycles. The van der Waals surface area contributed by atoms with Crippen LogP contribution in [-0.2, 0) is 0 Å². The fraction of sp³-hybridized carbons (Fsp3) is 0.333. The second kappa shape index (κ2) is 5.80. The van der Waals surface area contributed by atoms with Crippen LogP contribution in [0.5, 0.6) is 5.75 Å². The Morgan fingerprint density at radius 2 is 2.07 bits per heavy atom. The molecule has 0 saturated heterocycles. The van der Waals surface area contributed by atoms with Crippen LogP contribution in [0.15, 0.2) is 18.2 Å². The Labute approximate surface area is 88.3 Å². The highest BCUT2D eigenvalue weighted by atomic mass is 35.5. The molecule has 1 rings (SSSR count). The first-order valence-corrected chi connectivity index (χ1v) is 4.10. The minimum Gasteiger partial charge on any atom is -0.505 e. The molecule has 0 unspecified atom stereocenters. The number of para-hydroxylation sites is 1. The molecular weight excluding hydrogens is 207 g/mol. The third kappa shape index (κ3) is 2.83. The van der Waals surface area contributed by atoms with Crippen LogP contribution >= 0.6 is 12.4 Å². The highest BCUT2D eigenvalue weighted by Gasteiger charge is 2.12. The zero-order valence-corrected chi connectivity index (χ0v) is 8.43. The number of benzene rings is 1. The summed E-state index contributed by atoms with van der Waals surface area (Å²) in [5.41, 5.74) is 11.4. The van der Waals surface area contributed by atoms with E-state index in [9.17, 15) is 9.50 Å². The van der Waals surface area contributed by atoms with Gasteiger partial charge in [0.1, 0.15) is 0 Å². The van der Waals surface area contributed by atoms with E-state index in [0.717, 1.165) is 0 Å². The van der Waals surface area contributed by atoms with Gasteiger partial charge in [0.15, 0.2) is 11.6 Å². The zero-order valence-electron chi connectivity index (χ0n) is 7.61. The Kier molecular flexibility index (Phi) is 5.45. The smallest absolute Gasteiger partial charge is 0.165 e. The van der Waals surface area contributed by atoms with Crippen molar-refractivity contribution in [1.29, 1.82) is 0 Å². The van der Waals surface area contributed by atoms with Gasteiger partial charge in [0.2, 0.25) is 0 Å². The van der Waals surface area contributed by atoms with Crippen molar-refractivity contribution in [3.8, 4) is 5.75 Å². The van der Waals surface area contributed by atoms with Crippen LogP contribution in [0.2, 0.25) is 0 Å². The van der Waals surface area contributed by atoms with Crippen molar-refractivity contribution in [2.75, 3.05) is 6.54 Å². The third-order valence-corrected chi connectivity index (χ3v) is 1.90. The predicted molar refractivity (Wildman–Crippen MR) is 55.9 cm³/mol. The Balaban J connectivity index is 0.00000169. The quantitative estimate of drug-likeness (QED) is 0.719. The van der Waals surface area contributed by atoms with E-state index < -0.39 is 11.9 Å². The highest BCUT2D eigenvalue weighted by Crippen LogP contribution is 2.26. The van der Waals surface area contributed by atoms with Crippen molar-refractivity contribution in [3.05, 3.63) is 29.6 Å². The van der Waals surface area contributed by atoms with Gasteiger partial charge in [-0.1, -0.05) is 12.1 Å². The van der Waals surface area contributed by atoms with Gasteiger partial charge >= 0.3 is 0 Å². The summed E-state index contributed by atoms with van der Waals surface area (Å²) in [5.74, 6) is -1.02. The first-order valence-electron chi connectivity index (χ1n) is 4.10. The van der Waals surface area contributed by atoms with Gasteiger partial charge in [0, 0.05) is 11.6 Å². The number of rotatable bonds is 3. The van der Waals surface area contributed by atoms with Crippen LogP contribution in [0, 0.1) is 5.82 Å². The molecule has 0 amide bonds. The molecule has 3 nitrogen and oxygen atoms in total. The first kappa shape index (κ1) is 13.2. The lowest BCUT2D eigenvalue weighted by molar-refractivity contribution is 0.419. The molecule has 0 aromatic heterocycles. The molecule has 14 heavy (non-hydrogen) atoms. The van der Waals surface area contributed by atoms with Gasteiger partial charge in [-0.15, -0.1) is 12.4 Å². The molecule has 0 aliphatic rings. The van der Waals surface area contributed by atoms with E-state index in [1.807, 2.05) is 0 Å². The molecule has 0 radical (unpaired) electrons. The van der Waals surface area contributed by atoms with Gasteiger partial charge in [-0.3, -0.25) is 0 Å². The average molecular weight is 221 g/mol. The summed E-state index contributed by atoms with van der Waals surface area (Å²) in [6.45, 7) is 0.414.